The second-order valence-corrected chi connectivity index (χ2v) is 7.33. The summed E-state index contributed by atoms with van der Waals surface area (Å²) >= 11 is 1.72. The molecule has 0 bridgehead atoms. The summed E-state index contributed by atoms with van der Waals surface area (Å²) in [4.78, 5) is 31.5. The van der Waals surface area contributed by atoms with Crippen LogP contribution in [0, 0.1) is 10.1 Å². The smallest absolute Gasteiger partial charge is 0.479 e. The van der Waals surface area contributed by atoms with Crippen LogP contribution in [0.4, 0.5) is 0 Å². The minimum atomic E-state index is -2.27. The number of thioether (sulfide) groups is 1. The third-order valence-electron chi connectivity index (χ3n) is 3.30. The van der Waals surface area contributed by atoms with Gasteiger partial charge in [0.05, 0.1) is 17.2 Å². The number of aliphatic hydroxyl groups is 2. The van der Waals surface area contributed by atoms with Crippen LogP contribution in [-0.4, -0.2) is 114 Å². The Bertz CT molecular complexity index is 727. The molecule has 32 heavy (non-hydrogen) atoms. The van der Waals surface area contributed by atoms with E-state index < -0.39 is 29.1 Å². The summed E-state index contributed by atoms with van der Waals surface area (Å²) < 4.78 is 5.70. The summed E-state index contributed by atoms with van der Waals surface area (Å²) in [6.45, 7) is 1.44. The van der Waals surface area contributed by atoms with Gasteiger partial charge in [-0.05, 0) is 26.2 Å². The molecule has 0 aromatic carbocycles. The van der Waals surface area contributed by atoms with E-state index in [0.717, 1.165) is 35.8 Å². The van der Waals surface area contributed by atoms with Gasteiger partial charge < -0.3 is 40.4 Å². The van der Waals surface area contributed by atoms with E-state index in [2.05, 4.69) is 15.5 Å². The van der Waals surface area contributed by atoms with Crippen LogP contribution in [0.1, 0.15) is 11.5 Å². The van der Waals surface area contributed by atoms with Crippen LogP contribution >= 0.6 is 11.8 Å². The average molecular weight is 673 g/mol. The van der Waals surface area contributed by atoms with Gasteiger partial charge in [-0.2, -0.15) is 11.8 Å². The molecule has 0 spiro atoms. The molecule has 0 aliphatic rings. The Labute approximate surface area is 208 Å². The Morgan fingerprint density at radius 2 is 1.75 bits per heavy atom. The minimum absolute atomic E-state index is 0. The first-order chi connectivity index (χ1) is 14.5. The van der Waals surface area contributed by atoms with Crippen LogP contribution in [0.15, 0.2) is 28.6 Å². The van der Waals surface area contributed by atoms with Crippen molar-refractivity contribution in [3.63, 3.8) is 0 Å². The number of carboxylic acids is 2. The molecule has 2 atom stereocenters. The number of carbonyl (C=O) groups is 2. The monoisotopic (exact) mass is 673 g/mol. The third kappa shape index (κ3) is 15.0. The van der Waals surface area contributed by atoms with E-state index in [0.29, 0.717) is 12.4 Å². The van der Waals surface area contributed by atoms with Gasteiger partial charge in [0.2, 0.25) is 0 Å². The predicted molar refractivity (Wildman–Crippen MR) is 117 cm³/mol. The summed E-state index contributed by atoms with van der Waals surface area (Å²) in [6.07, 6.45) is -3.61. The van der Waals surface area contributed by atoms with Crippen molar-refractivity contribution in [3.8, 4) is 0 Å². The topological polar surface area (TPSA) is 199 Å². The third-order valence-corrected chi connectivity index (χ3v) is 4.29. The molecule has 0 aliphatic carbocycles. The second kappa shape index (κ2) is 17.6. The molecule has 0 saturated heterocycles. The summed E-state index contributed by atoms with van der Waals surface area (Å²) in [5.74, 6) is 0.409. The number of hydrogen-bond acceptors (Lipinski definition) is 11. The van der Waals surface area contributed by atoms with Crippen molar-refractivity contribution in [2.24, 2.45) is 0 Å². The molecule has 0 fully saturated rings. The van der Waals surface area contributed by atoms with Gasteiger partial charge in [-0.25, -0.2) is 9.59 Å². The molecule has 0 aliphatic heterocycles. The maximum Gasteiger partial charge on any atom is 3.00 e. The van der Waals surface area contributed by atoms with Crippen molar-refractivity contribution in [1.29, 1.82) is 0 Å². The molecule has 6 N–H and O–H groups in total. The van der Waals surface area contributed by atoms with Gasteiger partial charge in [-0.1, -0.05) is 0 Å². The van der Waals surface area contributed by atoms with E-state index in [-0.39, 0.29) is 26.2 Å². The standard InChI is InChI=1S/C13H22N4O3S.C4H6O6.Bi/c1-14-13(9-17(18)19)15-6-7-21-10-12-5-4-11(20-12)8-16(2)3;5-1(3(7)8)2(6)4(9)10;/h4-5,9,14-15H,6-8,10H2,1-3H3;1-2,5-6H,(H,7,8)(H,9,10);/q;;+3/b13-9-;;. The van der Waals surface area contributed by atoms with Gasteiger partial charge in [0.25, 0.3) is 6.20 Å². The molecule has 1 rings (SSSR count). The zero-order valence-electron chi connectivity index (χ0n) is 17.8. The molecule has 0 amide bonds. The van der Waals surface area contributed by atoms with Gasteiger partial charge >= 0.3 is 38.1 Å². The number of nitrogens with one attached hydrogen (secondary N) is 2. The SMILES string of the molecule is CN/C(=C/[N+](=O)[O-])NCCSCc1ccc(CN(C)C)o1.O=C(O)C(O)C(O)C(=O)O.[Bi+3]. The summed E-state index contributed by atoms with van der Waals surface area (Å²) in [6, 6.07) is 3.98. The fourth-order valence-corrected chi connectivity index (χ4v) is 2.65. The van der Waals surface area contributed by atoms with Gasteiger partial charge in [-0.3, -0.25) is 10.1 Å². The molecule has 1 aromatic rings. The Balaban J connectivity index is 0. The molecule has 13 nitrogen and oxygen atoms in total. The summed E-state index contributed by atoms with van der Waals surface area (Å²) in [5.41, 5.74) is 0. The first-order valence-corrected chi connectivity index (χ1v) is 10.0. The zero-order valence-corrected chi connectivity index (χ0v) is 22.1. The van der Waals surface area contributed by atoms with Crippen molar-refractivity contribution < 1.29 is 39.4 Å². The molecule has 2 radical (unpaired) electrons. The average Bonchev–Trinajstić information content (AvgIpc) is 3.11. The van der Waals surface area contributed by atoms with E-state index in [9.17, 15) is 19.7 Å². The van der Waals surface area contributed by atoms with Crippen molar-refractivity contribution in [2.75, 3.05) is 33.4 Å². The summed E-state index contributed by atoms with van der Waals surface area (Å²) in [7, 11) is 5.64. The van der Waals surface area contributed by atoms with E-state index in [1.54, 1.807) is 18.8 Å². The van der Waals surface area contributed by atoms with Crippen LogP contribution in [-0.2, 0) is 21.9 Å². The number of hydrogen-bond donors (Lipinski definition) is 6. The number of nitro groups is 1. The number of furan rings is 1. The van der Waals surface area contributed by atoms with Crippen LogP contribution in [0.25, 0.3) is 0 Å². The molecule has 1 heterocycles. The largest absolute Gasteiger partial charge is 3.00 e. The normalized spacial score (nSPS) is 12.6. The molecule has 15 heteroatoms. The number of nitrogens with zero attached hydrogens (tertiary/aromatic N) is 2. The number of rotatable bonds is 13. The van der Waals surface area contributed by atoms with Crippen LogP contribution in [0.2, 0.25) is 0 Å². The van der Waals surface area contributed by atoms with Crippen LogP contribution in [0.5, 0.6) is 0 Å². The van der Waals surface area contributed by atoms with Gasteiger partial charge in [0, 0.05) is 19.3 Å². The van der Waals surface area contributed by atoms with Crippen molar-refractivity contribution in [1.82, 2.24) is 15.5 Å². The van der Waals surface area contributed by atoms with Gasteiger partial charge in [0.15, 0.2) is 18.0 Å². The van der Waals surface area contributed by atoms with E-state index >= 15 is 0 Å². The number of aliphatic carboxylic acids is 2. The maximum atomic E-state index is 10.3. The number of aliphatic hydroxyl groups excluding tert-OH is 2. The fraction of sp³-hybridized carbons (Fsp3) is 0.529. The molecule has 2 unspecified atom stereocenters. The Morgan fingerprint density at radius 3 is 2.19 bits per heavy atom. The van der Waals surface area contributed by atoms with Crippen LogP contribution < -0.4 is 10.6 Å². The fourth-order valence-electron chi connectivity index (χ4n) is 1.90. The second-order valence-electron chi connectivity index (χ2n) is 6.23. The van der Waals surface area contributed by atoms with Gasteiger partial charge in [-0.15, -0.1) is 0 Å². The van der Waals surface area contributed by atoms with Gasteiger partial charge in [0.1, 0.15) is 11.5 Å². The van der Waals surface area contributed by atoms with E-state index in [1.165, 1.54) is 0 Å². The zero-order chi connectivity index (χ0) is 24.0. The Hall–Kier alpha value is -1.93. The van der Waals surface area contributed by atoms with Crippen LogP contribution in [0.3, 0.4) is 0 Å². The first kappa shape index (κ1) is 32.3. The molecular formula is C17H28BiN4O9S+3. The van der Waals surface area contributed by atoms with Crippen molar-refractivity contribution in [2.45, 2.75) is 24.5 Å². The van der Waals surface area contributed by atoms with Crippen molar-refractivity contribution >= 4 is 49.9 Å². The molecular weight excluding hydrogens is 645 g/mol. The quantitative estimate of drug-likeness (QED) is 0.0643. The summed E-state index contributed by atoms with van der Waals surface area (Å²) in [5, 5.41) is 48.6. The molecule has 1 aromatic heterocycles. The Kier molecular flexibility index (Phi) is 17.7. The maximum absolute atomic E-state index is 10.3. The van der Waals surface area contributed by atoms with E-state index in [4.69, 9.17) is 24.8 Å². The molecule has 178 valence electrons. The minimum Gasteiger partial charge on any atom is -0.479 e. The Morgan fingerprint density at radius 1 is 1.22 bits per heavy atom. The van der Waals surface area contributed by atoms with E-state index in [1.807, 2.05) is 26.2 Å². The first-order valence-electron chi connectivity index (χ1n) is 8.86. The predicted octanol–water partition coefficient (Wildman–Crippen LogP) is -1.04. The number of carboxylic acid groups (broad SMARTS) is 2. The van der Waals surface area contributed by atoms with Crippen molar-refractivity contribution in [3.05, 3.63) is 45.8 Å². The molecule has 0 saturated carbocycles.